The van der Waals surface area contributed by atoms with Crippen LogP contribution in [-0.4, -0.2) is 40.5 Å². The number of benzene rings is 2. The topological polar surface area (TPSA) is 127 Å². The van der Waals surface area contributed by atoms with Crippen LogP contribution in [0.3, 0.4) is 0 Å². The molecule has 2 aliphatic heterocycles. The van der Waals surface area contributed by atoms with Crippen molar-refractivity contribution in [3.63, 3.8) is 0 Å². The van der Waals surface area contributed by atoms with Crippen molar-refractivity contribution in [1.29, 1.82) is 0 Å². The summed E-state index contributed by atoms with van der Waals surface area (Å²) in [6, 6.07) is 10.4. The van der Waals surface area contributed by atoms with Gasteiger partial charge in [0.25, 0.3) is 29.3 Å². The first-order valence-electron chi connectivity index (χ1n) is 7.37. The van der Waals surface area contributed by atoms with E-state index in [2.05, 4.69) is 5.32 Å². The Morgan fingerprint density at radius 2 is 1.38 bits per heavy atom. The Bertz CT molecular complexity index is 965. The van der Waals surface area contributed by atoms with E-state index in [1.807, 2.05) is 0 Å². The highest BCUT2D eigenvalue weighted by Gasteiger charge is 2.33. The van der Waals surface area contributed by atoms with Gasteiger partial charge in [0.1, 0.15) is 0 Å². The van der Waals surface area contributed by atoms with Crippen molar-refractivity contribution in [3.8, 4) is 0 Å². The number of amides is 4. The number of hydrogen-bond donors (Lipinski definition) is 1. The summed E-state index contributed by atoms with van der Waals surface area (Å²) >= 11 is 0. The average molecular weight is 353 g/mol. The van der Waals surface area contributed by atoms with Crippen LogP contribution in [0, 0.1) is 10.1 Å². The van der Waals surface area contributed by atoms with E-state index in [0.29, 0.717) is 11.1 Å². The molecule has 4 rings (SSSR count). The summed E-state index contributed by atoms with van der Waals surface area (Å²) in [6.45, 7) is 0. The van der Waals surface area contributed by atoms with Gasteiger partial charge < -0.3 is 0 Å². The van der Waals surface area contributed by atoms with Gasteiger partial charge in [-0.15, -0.1) is 0 Å². The van der Waals surface area contributed by atoms with Gasteiger partial charge in [-0.2, -0.15) is 0 Å². The number of carbonyl (C=O) groups is 4. The quantitative estimate of drug-likeness (QED) is 0.469. The second-order valence-electron chi connectivity index (χ2n) is 5.49. The van der Waals surface area contributed by atoms with Gasteiger partial charge in [0, 0.05) is 19.2 Å². The van der Waals surface area contributed by atoms with Crippen LogP contribution in [0.1, 0.15) is 41.4 Å². The van der Waals surface area contributed by atoms with Crippen molar-refractivity contribution in [1.82, 2.24) is 10.2 Å². The van der Waals surface area contributed by atoms with Gasteiger partial charge in [-0.25, -0.2) is 0 Å². The molecular formula is C17H11N3O6. The number of carbonyl (C=O) groups excluding carboxylic acids is 4. The molecule has 26 heavy (non-hydrogen) atoms. The lowest BCUT2D eigenvalue weighted by Crippen LogP contribution is -2.24. The van der Waals surface area contributed by atoms with Crippen LogP contribution >= 0.6 is 0 Å². The Balaban J connectivity index is 0.000000158. The van der Waals surface area contributed by atoms with Crippen LogP contribution in [0.15, 0.2) is 42.5 Å². The zero-order chi connectivity index (χ0) is 19.0. The van der Waals surface area contributed by atoms with Crippen molar-refractivity contribution in [2.75, 3.05) is 7.05 Å². The predicted molar refractivity (Wildman–Crippen MR) is 87.8 cm³/mol. The molecule has 0 spiro atoms. The minimum atomic E-state index is -0.601. The molecule has 9 heteroatoms. The van der Waals surface area contributed by atoms with E-state index in [4.69, 9.17) is 0 Å². The van der Waals surface area contributed by atoms with Gasteiger partial charge >= 0.3 is 0 Å². The Morgan fingerprint density at radius 3 is 1.92 bits per heavy atom. The van der Waals surface area contributed by atoms with Crippen molar-refractivity contribution >= 4 is 29.3 Å². The minimum Gasteiger partial charge on any atom is -0.288 e. The lowest BCUT2D eigenvalue weighted by atomic mass is 10.1. The predicted octanol–water partition coefficient (Wildman–Crippen LogP) is 1.39. The zero-order valence-electron chi connectivity index (χ0n) is 13.4. The van der Waals surface area contributed by atoms with Gasteiger partial charge in [-0.3, -0.25) is 39.5 Å². The lowest BCUT2D eigenvalue weighted by molar-refractivity contribution is -0.384. The van der Waals surface area contributed by atoms with Crippen molar-refractivity contribution in [3.05, 3.63) is 74.8 Å². The van der Waals surface area contributed by atoms with E-state index >= 15 is 0 Å². The summed E-state index contributed by atoms with van der Waals surface area (Å²) in [4.78, 5) is 55.6. The molecule has 0 bridgehead atoms. The van der Waals surface area contributed by atoms with Crippen LogP contribution in [0.2, 0.25) is 0 Å². The molecular weight excluding hydrogens is 342 g/mol. The smallest absolute Gasteiger partial charge is 0.270 e. The molecule has 9 nitrogen and oxygen atoms in total. The fraction of sp³-hybridized carbons (Fsp3) is 0.0588. The molecule has 2 heterocycles. The highest BCUT2D eigenvalue weighted by atomic mass is 16.6. The third-order valence-electron chi connectivity index (χ3n) is 3.93. The molecule has 0 unspecified atom stereocenters. The molecule has 0 aromatic heterocycles. The second kappa shape index (κ2) is 6.20. The molecule has 0 fully saturated rings. The van der Waals surface area contributed by atoms with E-state index in [9.17, 15) is 29.3 Å². The monoisotopic (exact) mass is 353 g/mol. The zero-order valence-corrected chi connectivity index (χ0v) is 13.4. The van der Waals surface area contributed by atoms with E-state index in [1.165, 1.54) is 19.2 Å². The van der Waals surface area contributed by atoms with Crippen LogP contribution in [-0.2, 0) is 0 Å². The SMILES string of the molecule is CN1C(=O)c2ccc([N+](=O)[O-])cc2C1=O.O=C1NC(=O)c2ccccc21. The highest BCUT2D eigenvalue weighted by molar-refractivity contribution is 6.22. The molecule has 2 aromatic rings. The number of nitro benzene ring substituents is 1. The van der Waals surface area contributed by atoms with Crippen LogP contribution in [0.25, 0.3) is 0 Å². The van der Waals surface area contributed by atoms with E-state index in [-0.39, 0.29) is 28.6 Å². The van der Waals surface area contributed by atoms with Crippen molar-refractivity contribution in [2.45, 2.75) is 0 Å². The molecule has 0 saturated carbocycles. The van der Waals surface area contributed by atoms with Crippen LogP contribution < -0.4 is 5.32 Å². The average Bonchev–Trinajstić information content (AvgIpc) is 3.04. The summed E-state index contributed by atoms with van der Waals surface area (Å²) in [5, 5.41) is 12.7. The molecule has 0 radical (unpaired) electrons. The van der Waals surface area contributed by atoms with Gasteiger partial charge in [0.05, 0.1) is 27.2 Å². The number of nitrogens with zero attached hydrogens (tertiary/aromatic N) is 2. The third-order valence-corrected chi connectivity index (χ3v) is 3.93. The standard InChI is InChI=1S/C9H6N2O4.C8H5NO2/c1-10-8(12)6-3-2-5(11(14)15)4-7(6)9(10)13;10-7-5-3-1-2-4-6(5)8(11)9-7/h2-4H,1H3;1-4H,(H,9,10,11). The first kappa shape index (κ1) is 17.0. The van der Waals surface area contributed by atoms with Gasteiger partial charge in [-0.1, -0.05) is 12.1 Å². The van der Waals surface area contributed by atoms with Gasteiger partial charge in [0.2, 0.25) is 0 Å². The maximum Gasteiger partial charge on any atom is 0.270 e. The Kier molecular flexibility index (Phi) is 4.05. The van der Waals surface area contributed by atoms with E-state index in [1.54, 1.807) is 24.3 Å². The number of rotatable bonds is 1. The Labute approximate surface area is 146 Å². The number of non-ortho nitro benzene ring substituents is 1. The minimum absolute atomic E-state index is 0.0942. The normalized spacial score (nSPS) is 14.4. The number of imide groups is 2. The fourth-order valence-electron chi connectivity index (χ4n) is 2.58. The van der Waals surface area contributed by atoms with Crippen molar-refractivity contribution < 1.29 is 24.1 Å². The fourth-order valence-corrected chi connectivity index (χ4v) is 2.58. The molecule has 130 valence electrons. The summed E-state index contributed by atoms with van der Waals surface area (Å²) in [5.74, 6) is -1.53. The summed E-state index contributed by atoms with van der Waals surface area (Å²) in [5.41, 5.74) is 1.06. The van der Waals surface area contributed by atoms with Crippen LogP contribution in [0.5, 0.6) is 0 Å². The van der Waals surface area contributed by atoms with E-state index < -0.39 is 16.7 Å². The third kappa shape index (κ3) is 2.71. The molecule has 0 atom stereocenters. The largest absolute Gasteiger partial charge is 0.288 e. The highest BCUT2D eigenvalue weighted by Crippen LogP contribution is 2.25. The lowest BCUT2D eigenvalue weighted by Gasteiger charge is -2.02. The first-order valence-corrected chi connectivity index (χ1v) is 7.37. The maximum absolute atomic E-state index is 11.5. The molecule has 1 N–H and O–H groups in total. The Morgan fingerprint density at radius 1 is 0.846 bits per heavy atom. The first-order chi connectivity index (χ1) is 12.3. The number of hydrogen-bond acceptors (Lipinski definition) is 6. The molecule has 0 saturated heterocycles. The van der Waals surface area contributed by atoms with Crippen molar-refractivity contribution in [2.24, 2.45) is 0 Å². The Hall–Kier alpha value is -3.88. The molecule has 2 aromatic carbocycles. The van der Waals surface area contributed by atoms with Crippen LogP contribution in [0.4, 0.5) is 5.69 Å². The molecule has 2 aliphatic rings. The summed E-state index contributed by atoms with van der Waals surface area (Å²) in [6.07, 6.45) is 0. The molecule has 0 aliphatic carbocycles. The molecule has 4 amide bonds. The number of fused-ring (bicyclic) bond motifs is 2. The van der Waals surface area contributed by atoms with Gasteiger partial charge in [-0.05, 0) is 18.2 Å². The number of nitro groups is 1. The maximum atomic E-state index is 11.5. The summed E-state index contributed by atoms with van der Waals surface area (Å²) < 4.78 is 0. The number of nitrogens with one attached hydrogen (secondary N) is 1. The second-order valence-corrected chi connectivity index (χ2v) is 5.49. The summed E-state index contributed by atoms with van der Waals surface area (Å²) in [7, 11) is 1.34. The van der Waals surface area contributed by atoms with E-state index in [0.717, 1.165) is 11.0 Å². The van der Waals surface area contributed by atoms with Gasteiger partial charge in [0.15, 0.2) is 0 Å².